The minimum Gasteiger partial charge on any atom is -0.455 e. The molecular weight excluding hydrogens is 484 g/mol. The number of fused-ring (bicyclic) bond motifs is 1. The van der Waals surface area contributed by atoms with Crippen LogP contribution in [0.1, 0.15) is 33.3 Å². The molecule has 2 aliphatic rings. The van der Waals surface area contributed by atoms with E-state index >= 15 is 0 Å². The second kappa shape index (κ2) is 9.34. The number of amides is 2. The van der Waals surface area contributed by atoms with Crippen LogP contribution < -0.4 is 5.32 Å². The van der Waals surface area contributed by atoms with Gasteiger partial charge < -0.3 is 14.8 Å². The number of alkyl halides is 1. The third kappa shape index (κ3) is 4.83. The van der Waals surface area contributed by atoms with Crippen molar-refractivity contribution in [1.29, 1.82) is 0 Å². The highest BCUT2D eigenvalue weighted by Crippen LogP contribution is 2.47. The molecule has 7 nitrogen and oxygen atoms in total. The number of carbonyl (C=O) groups is 3. The Morgan fingerprint density at radius 2 is 1.97 bits per heavy atom. The minimum absolute atomic E-state index is 0.127. The molecule has 0 aromatic heterocycles. The first-order valence-electron chi connectivity index (χ1n) is 10.1. The van der Waals surface area contributed by atoms with Crippen molar-refractivity contribution >= 4 is 45.5 Å². The summed E-state index contributed by atoms with van der Waals surface area (Å²) >= 11 is 4.86. The second-order valence-electron chi connectivity index (χ2n) is 8.31. The van der Waals surface area contributed by atoms with E-state index in [1.807, 2.05) is 30.3 Å². The lowest BCUT2D eigenvalue weighted by atomic mass is 9.97. The smallest absolute Gasteiger partial charge is 0.355 e. The van der Waals surface area contributed by atoms with Crippen LogP contribution in [0.2, 0.25) is 0 Å². The molecule has 9 heteroatoms. The van der Waals surface area contributed by atoms with Crippen molar-refractivity contribution in [2.24, 2.45) is 0 Å². The zero-order valence-corrected chi connectivity index (χ0v) is 20.5. The fourth-order valence-electron chi connectivity index (χ4n) is 3.55. The van der Waals surface area contributed by atoms with E-state index in [2.05, 4.69) is 21.2 Å². The van der Waals surface area contributed by atoms with Crippen molar-refractivity contribution in [3.05, 3.63) is 47.2 Å². The fraction of sp³-hybridized carbons (Fsp3) is 0.500. The molecule has 0 radical (unpaired) electrons. The average Bonchev–Trinajstić information content (AvgIpc) is 2.71. The SMILES string of the molecule is CCOC1(NC(=O)Cc2ccccc2)C(=O)N2C(C(=O)OC(C)(C)C)=C(CBr)CS[C@H]21. The maximum Gasteiger partial charge on any atom is 0.355 e. The van der Waals surface area contributed by atoms with Crippen LogP contribution in [-0.2, 0) is 30.3 Å². The highest BCUT2D eigenvalue weighted by Gasteiger charge is 2.67. The van der Waals surface area contributed by atoms with Crippen molar-refractivity contribution in [3.8, 4) is 0 Å². The first-order chi connectivity index (χ1) is 14.6. The number of carbonyl (C=O) groups excluding carboxylic acids is 3. The Labute approximate surface area is 195 Å². The van der Waals surface area contributed by atoms with Gasteiger partial charge in [-0.05, 0) is 38.8 Å². The van der Waals surface area contributed by atoms with Crippen LogP contribution in [0.4, 0.5) is 0 Å². The molecule has 1 unspecified atom stereocenters. The van der Waals surface area contributed by atoms with E-state index in [-0.39, 0.29) is 24.6 Å². The highest BCUT2D eigenvalue weighted by atomic mass is 79.9. The summed E-state index contributed by atoms with van der Waals surface area (Å²) in [6.07, 6.45) is 0.127. The number of halogens is 1. The van der Waals surface area contributed by atoms with Gasteiger partial charge in [-0.1, -0.05) is 46.3 Å². The van der Waals surface area contributed by atoms with Gasteiger partial charge in [0.2, 0.25) is 5.91 Å². The van der Waals surface area contributed by atoms with Gasteiger partial charge in [0.1, 0.15) is 16.7 Å². The number of hydrogen-bond acceptors (Lipinski definition) is 6. The average molecular weight is 511 g/mol. The molecule has 2 amide bonds. The van der Waals surface area contributed by atoms with Crippen molar-refractivity contribution in [2.75, 3.05) is 17.7 Å². The van der Waals surface area contributed by atoms with Crippen LogP contribution in [-0.4, -0.2) is 57.1 Å². The molecule has 0 aliphatic carbocycles. The standard InChI is InChI=1S/C22H27BrN2O5S/c1-5-29-22(24-16(26)11-14-9-7-6-8-10-14)19(28)25-17(18(27)30-21(2,3)4)15(12-23)13-31-20(22)25/h6-10,20H,5,11-13H2,1-4H3,(H,24,26)/t20-,22?/m0/s1. The normalized spacial score (nSPS) is 23.2. The number of hydrogen-bond donors (Lipinski definition) is 1. The van der Waals surface area contributed by atoms with Crippen molar-refractivity contribution in [2.45, 2.75) is 50.8 Å². The molecular formula is C22H27BrN2O5S. The van der Waals surface area contributed by atoms with Gasteiger partial charge in [0, 0.05) is 17.7 Å². The molecule has 1 N–H and O–H groups in total. The molecule has 1 aromatic carbocycles. The van der Waals surface area contributed by atoms with Crippen LogP contribution in [0.15, 0.2) is 41.6 Å². The Morgan fingerprint density at radius 1 is 1.29 bits per heavy atom. The number of ether oxygens (including phenoxy) is 2. The van der Waals surface area contributed by atoms with Crippen LogP contribution in [0.25, 0.3) is 0 Å². The number of nitrogens with one attached hydrogen (secondary N) is 1. The first-order valence-corrected chi connectivity index (χ1v) is 12.3. The summed E-state index contributed by atoms with van der Waals surface area (Å²) in [5, 5.41) is 2.70. The second-order valence-corrected chi connectivity index (χ2v) is 9.93. The summed E-state index contributed by atoms with van der Waals surface area (Å²) in [7, 11) is 0. The summed E-state index contributed by atoms with van der Waals surface area (Å²) in [5.41, 5.74) is -0.368. The summed E-state index contributed by atoms with van der Waals surface area (Å²) in [6, 6.07) is 9.29. The maximum absolute atomic E-state index is 13.4. The van der Waals surface area contributed by atoms with Gasteiger partial charge in [-0.3, -0.25) is 14.5 Å². The first kappa shape index (κ1) is 23.8. The quantitative estimate of drug-likeness (QED) is 0.262. The Kier molecular flexibility index (Phi) is 7.18. The molecule has 2 aliphatic heterocycles. The molecule has 1 saturated heterocycles. The van der Waals surface area contributed by atoms with Crippen molar-refractivity contribution < 1.29 is 23.9 Å². The number of thioether (sulfide) groups is 1. The predicted octanol–water partition coefficient (Wildman–Crippen LogP) is 2.98. The van der Waals surface area contributed by atoms with E-state index in [1.165, 1.54) is 16.7 Å². The Hall–Kier alpha value is -1.84. The van der Waals surface area contributed by atoms with E-state index in [1.54, 1.807) is 27.7 Å². The number of β-lactam (4-membered cyclic amide) rings is 1. The van der Waals surface area contributed by atoms with Gasteiger partial charge in [0.05, 0.1) is 6.42 Å². The third-order valence-corrected chi connectivity index (χ3v) is 6.82. The van der Waals surface area contributed by atoms with Crippen molar-refractivity contribution in [3.63, 3.8) is 0 Å². The lowest BCUT2D eigenvalue weighted by Crippen LogP contribution is -2.81. The summed E-state index contributed by atoms with van der Waals surface area (Å²) in [6.45, 7) is 7.34. The molecule has 1 fully saturated rings. The Bertz CT molecular complexity index is 899. The largest absolute Gasteiger partial charge is 0.455 e. The van der Waals surface area contributed by atoms with Gasteiger partial charge >= 0.3 is 5.97 Å². The molecule has 0 saturated carbocycles. The third-order valence-electron chi connectivity index (χ3n) is 4.77. The topological polar surface area (TPSA) is 84.9 Å². The van der Waals surface area contributed by atoms with E-state index < -0.39 is 28.6 Å². The Morgan fingerprint density at radius 3 is 2.55 bits per heavy atom. The molecule has 1 aromatic rings. The minimum atomic E-state index is -1.50. The van der Waals surface area contributed by atoms with Gasteiger partial charge in [0.15, 0.2) is 0 Å². The lowest BCUT2D eigenvalue weighted by molar-refractivity contribution is -0.198. The van der Waals surface area contributed by atoms with Gasteiger partial charge in [-0.15, -0.1) is 11.8 Å². The van der Waals surface area contributed by atoms with Crippen molar-refractivity contribution in [1.82, 2.24) is 10.2 Å². The molecule has 0 bridgehead atoms. The zero-order chi connectivity index (χ0) is 22.8. The molecule has 0 spiro atoms. The van der Waals surface area contributed by atoms with E-state index in [9.17, 15) is 14.4 Å². The molecule has 3 rings (SSSR count). The molecule has 31 heavy (non-hydrogen) atoms. The maximum atomic E-state index is 13.4. The van der Waals surface area contributed by atoms with Crippen LogP contribution in [0.3, 0.4) is 0 Å². The van der Waals surface area contributed by atoms with Crippen LogP contribution in [0.5, 0.6) is 0 Å². The van der Waals surface area contributed by atoms with Crippen LogP contribution in [0, 0.1) is 0 Å². The molecule has 2 atom stereocenters. The zero-order valence-electron chi connectivity index (χ0n) is 18.1. The van der Waals surface area contributed by atoms with Gasteiger partial charge in [-0.25, -0.2) is 4.79 Å². The van der Waals surface area contributed by atoms with Crippen LogP contribution >= 0.6 is 27.7 Å². The molecule has 2 heterocycles. The number of rotatable bonds is 7. The van der Waals surface area contributed by atoms with Gasteiger partial charge in [0.25, 0.3) is 11.6 Å². The number of benzene rings is 1. The van der Waals surface area contributed by atoms with E-state index in [0.29, 0.717) is 11.1 Å². The number of esters is 1. The highest BCUT2D eigenvalue weighted by molar-refractivity contribution is 9.09. The summed E-state index contributed by atoms with van der Waals surface area (Å²) in [5.74, 6) is -0.826. The van der Waals surface area contributed by atoms with E-state index in [4.69, 9.17) is 9.47 Å². The van der Waals surface area contributed by atoms with Gasteiger partial charge in [-0.2, -0.15) is 0 Å². The molecule has 168 valence electrons. The summed E-state index contributed by atoms with van der Waals surface area (Å²) < 4.78 is 11.4. The predicted molar refractivity (Wildman–Crippen MR) is 122 cm³/mol. The Balaban J connectivity index is 1.86. The number of nitrogens with zero attached hydrogens (tertiary/aromatic N) is 1. The van der Waals surface area contributed by atoms with E-state index in [0.717, 1.165) is 11.1 Å². The fourth-order valence-corrected chi connectivity index (χ4v) is 5.69. The lowest BCUT2D eigenvalue weighted by Gasteiger charge is -2.56. The summed E-state index contributed by atoms with van der Waals surface area (Å²) in [4.78, 5) is 40.4. The monoisotopic (exact) mass is 510 g/mol.